The highest BCUT2D eigenvalue weighted by Gasteiger charge is 2.24. The largest absolute Gasteiger partial charge is 0.354 e. The molecular formula is C29H48N8O2. The summed E-state index contributed by atoms with van der Waals surface area (Å²) in [5.74, 6) is 3.34. The monoisotopic (exact) mass is 540 g/mol. The number of nitrogens with one attached hydrogen (secondary N) is 4. The predicted octanol–water partition coefficient (Wildman–Crippen LogP) is 5.41. The van der Waals surface area contributed by atoms with Gasteiger partial charge >= 0.3 is 0 Å². The highest BCUT2D eigenvalue weighted by molar-refractivity contribution is 5.94. The summed E-state index contributed by atoms with van der Waals surface area (Å²) < 4.78 is 0. The summed E-state index contributed by atoms with van der Waals surface area (Å²) in [6.07, 6.45) is 11.3. The molecule has 4 unspecified atom stereocenters. The molecule has 2 aliphatic carbocycles. The number of rotatable bonds is 10. The highest BCUT2D eigenvalue weighted by atomic mass is 16.6. The van der Waals surface area contributed by atoms with Crippen LogP contribution >= 0.6 is 0 Å². The maximum Gasteiger partial charge on any atom is 0.274 e. The first-order valence-corrected chi connectivity index (χ1v) is 14.5. The number of nitrogens with zero attached hydrogens (tertiary/aromatic N) is 3. The molecule has 2 saturated carbocycles. The fourth-order valence-corrected chi connectivity index (χ4v) is 5.64. The molecule has 0 saturated heterocycles. The molecule has 216 valence electrons. The number of aromatic nitrogens is 3. The van der Waals surface area contributed by atoms with Crippen LogP contribution in [0.25, 0.3) is 0 Å². The Morgan fingerprint density at radius 1 is 1.00 bits per heavy atom. The summed E-state index contributed by atoms with van der Waals surface area (Å²) in [6.45, 7) is 7.44. The van der Waals surface area contributed by atoms with Crippen molar-refractivity contribution in [3.63, 3.8) is 0 Å². The van der Waals surface area contributed by atoms with Crippen molar-refractivity contribution in [2.75, 3.05) is 36.7 Å². The zero-order valence-electron chi connectivity index (χ0n) is 24.3. The van der Waals surface area contributed by atoms with Gasteiger partial charge in [-0.2, -0.15) is 15.0 Å². The maximum atomic E-state index is 12.3. The third kappa shape index (κ3) is 9.03. The number of hydroxylamine groups is 1. The molecule has 2 aromatic rings. The first-order chi connectivity index (χ1) is 18.9. The number of benzene rings is 1. The van der Waals surface area contributed by atoms with Crippen LogP contribution in [0, 0.1) is 24.7 Å². The fraction of sp³-hybridized carbons (Fsp3) is 0.655. The van der Waals surface area contributed by atoms with E-state index in [9.17, 15) is 4.79 Å². The first kappa shape index (κ1) is 30.6. The molecule has 1 amide bonds. The van der Waals surface area contributed by atoms with Crippen molar-refractivity contribution in [1.82, 2.24) is 20.4 Å². The van der Waals surface area contributed by atoms with Crippen LogP contribution < -0.4 is 27.2 Å². The normalized spacial score (nSPS) is 22.7. The standard InChI is InChI=1S/C28H43N7O2.CH5N/c1-5-20-10-8-11-21(15-20)17-29-26-32-27(30-23-12-7-6-9-18(23)2)34-28(33-26)31-24-16-22(14-13-19(24)3)25(36)35-37-4;1-2/h13-14,16,18,20-21,23H,5-12,15,17H2,1-4H3,(H,35,36)(H3,29,30,31,32,33,34);2H2,1H3. The van der Waals surface area contributed by atoms with Gasteiger partial charge in [0.25, 0.3) is 5.91 Å². The fourth-order valence-electron chi connectivity index (χ4n) is 5.64. The van der Waals surface area contributed by atoms with E-state index in [4.69, 9.17) is 19.8 Å². The SMILES string of the molecule is CCC1CCCC(CNc2nc(Nc3cc(C(=O)NOC)ccc3C)nc(NC3CCCCC3C)n2)C1.CN. The summed E-state index contributed by atoms with van der Waals surface area (Å²) in [4.78, 5) is 31.2. The quantitative estimate of drug-likeness (QED) is 0.250. The molecule has 10 nitrogen and oxygen atoms in total. The van der Waals surface area contributed by atoms with E-state index < -0.39 is 0 Å². The van der Waals surface area contributed by atoms with Crippen LogP contribution in [-0.4, -0.2) is 47.6 Å². The molecule has 1 aromatic heterocycles. The van der Waals surface area contributed by atoms with Gasteiger partial charge in [0.15, 0.2) is 0 Å². The van der Waals surface area contributed by atoms with Crippen LogP contribution in [0.1, 0.15) is 87.6 Å². The third-order valence-corrected chi connectivity index (χ3v) is 8.02. The van der Waals surface area contributed by atoms with Crippen molar-refractivity contribution in [2.45, 2.75) is 84.6 Å². The molecule has 4 atom stereocenters. The van der Waals surface area contributed by atoms with E-state index in [0.717, 1.165) is 30.1 Å². The molecule has 0 spiro atoms. The van der Waals surface area contributed by atoms with Gasteiger partial charge < -0.3 is 21.7 Å². The van der Waals surface area contributed by atoms with Crippen LogP contribution in [0.5, 0.6) is 0 Å². The first-order valence-electron chi connectivity index (χ1n) is 14.5. The summed E-state index contributed by atoms with van der Waals surface area (Å²) >= 11 is 0. The Labute approximate surface area is 233 Å². The number of aryl methyl sites for hydroxylation is 1. The lowest BCUT2D eigenvalue weighted by atomic mass is 9.80. The van der Waals surface area contributed by atoms with Gasteiger partial charge in [-0.1, -0.05) is 52.0 Å². The summed E-state index contributed by atoms with van der Waals surface area (Å²) in [7, 11) is 2.92. The predicted molar refractivity (Wildman–Crippen MR) is 158 cm³/mol. The Kier molecular flexibility index (Phi) is 12.2. The molecule has 6 N–H and O–H groups in total. The third-order valence-electron chi connectivity index (χ3n) is 8.02. The minimum atomic E-state index is -0.310. The van der Waals surface area contributed by atoms with E-state index in [-0.39, 0.29) is 5.91 Å². The second kappa shape index (κ2) is 15.6. The number of amides is 1. The van der Waals surface area contributed by atoms with Crippen molar-refractivity contribution >= 4 is 29.4 Å². The van der Waals surface area contributed by atoms with Gasteiger partial charge in [-0.15, -0.1) is 0 Å². The Balaban J connectivity index is 0.00000205. The molecule has 0 bridgehead atoms. The van der Waals surface area contributed by atoms with Crippen molar-refractivity contribution in [2.24, 2.45) is 23.5 Å². The number of hydrogen-bond acceptors (Lipinski definition) is 9. The van der Waals surface area contributed by atoms with Gasteiger partial charge in [0, 0.05) is 23.8 Å². The number of anilines is 4. The minimum absolute atomic E-state index is 0.310. The van der Waals surface area contributed by atoms with Gasteiger partial charge in [-0.25, -0.2) is 5.48 Å². The van der Waals surface area contributed by atoms with E-state index in [0.29, 0.717) is 41.3 Å². The molecule has 10 heteroatoms. The minimum Gasteiger partial charge on any atom is -0.354 e. The lowest BCUT2D eigenvalue weighted by Gasteiger charge is -2.30. The van der Waals surface area contributed by atoms with Gasteiger partial charge in [-0.05, 0) is 75.1 Å². The van der Waals surface area contributed by atoms with E-state index in [1.54, 1.807) is 12.1 Å². The number of carbonyl (C=O) groups is 1. The average Bonchev–Trinajstić information content (AvgIpc) is 2.95. The lowest BCUT2D eigenvalue weighted by Crippen LogP contribution is -2.31. The molecular weight excluding hydrogens is 492 g/mol. The van der Waals surface area contributed by atoms with Gasteiger partial charge in [0.2, 0.25) is 17.8 Å². The summed E-state index contributed by atoms with van der Waals surface area (Å²) in [5, 5.41) is 10.4. The molecule has 1 heterocycles. The van der Waals surface area contributed by atoms with Crippen LogP contribution in [0.3, 0.4) is 0 Å². The van der Waals surface area contributed by atoms with Crippen molar-refractivity contribution in [1.29, 1.82) is 0 Å². The molecule has 1 aromatic carbocycles. The molecule has 0 aliphatic heterocycles. The van der Waals surface area contributed by atoms with Gasteiger partial charge in [0.1, 0.15) is 0 Å². The number of hydrogen-bond donors (Lipinski definition) is 5. The van der Waals surface area contributed by atoms with Gasteiger partial charge in [-0.3, -0.25) is 9.63 Å². The Morgan fingerprint density at radius 2 is 1.72 bits per heavy atom. The summed E-state index contributed by atoms with van der Waals surface area (Å²) in [5.41, 5.74) is 9.09. The summed E-state index contributed by atoms with van der Waals surface area (Å²) in [6, 6.07) is 5.79. The number of carbonyl (C=O) groups excluding carboxylic acids is 1. The molecule has 4 rings (SSSR count). The zero-order chi connectivity index (χ0) is 28.2. The Bertz CT molecular complexity index is 1050. The van der Waals surface area contributed by atoms with Crippen LogP contribution in [-0.2, 0) is 4.84 Å². The Hall–Kier alpha value is -2.98. The van der Waals surface area contributed by atoms with Crippen molar-refractivity contribution in [3.8, 4) is 0 Å². The van der Waals surface area contributed by atoms with Crippen LogP contribution in [0.2, 0.25) is 0 Å². The highest BCUT2D eigenvalue weighted by Crippen LogP contribution is 2.31. The molecule has 2 aliphatic rings. The van der Waals surface area contributed by atoms with Crippen molar-refractivity contribution in [3.05, 3.63) is 29.3 Å². The topological polar surface area (TPSA) is 139 Å². The molecule has 0 radical (unpaired) electrons. The van der Waals surface area contributed by atoms with E-state index >= 15 is 0 Å². The van der Waals surface area contributed by atoms with E-state index in [1.807, 2.05) is 13.0 Å². The van der Waals surface area contributed by atoms with Crippen LogP contribution in [0.15, 0.2) is 18.2 Å². The average molecular weight is 541 g/mol. The zero-order valence-corrected chi connectivity index (χ0v) is 24.3. The smallest absolute Gasteiger partial charge is 0.274 e. The molecule has 39 heavy (non-hydrogen) atoms. The maximum absolute atomic E-state index is 12.3. The number of nitrogens with two attached hydrogens (primary N) is 1. The van der Waals surface area contributed by atoms with Crippen LogP contribution in [0.4, 0.5) is 23.5 Å². The molecule has 2 fully saturated rings. The lowest BCUT2D eigenvalue weighted by molar-refractivity contribution is 0.0537. The van der Waals surface area contributed by atoms with E-state index in [1.165, 1.54) is 65.5 Å². The van der Waals surface area contributed by atoms with Gasteiger partial charge in [0.05, 0.1) is 7.11 Å². The second-order valence-corrected chi connectivity index (χ2v) is 10.8. The van der Waals surface area contributed by atoms with E-state index in [2.05, 4.69) is 41.0 Å². The second-order valence-electron chi connectivity index (χ2n) is 10.8. The Morgan fingerprint density at radius 3 is 2.46 bits per heavy atom. The van der Waals surface area contributed by atoms with Crippen molar-refractivity contribution < 1.29 is 9.63 Å².